The molecule has 1 fully saturated rings. The van der Waals surface area contributed by atoms with E-state index >= 15 is 0 Å². The first kappa shape index (κ1) is 16.7. The lowest BCUT2D eigenvalue weighted by Crippen LogP contribution is -2.40. The number of hydrogen-bond acceptors (Lipinski definition) is 4. The summed E-state index contributed by atoms with van der Waals surface area (Å²) in [4.78, 5) is 15.1. The summed E-state index contributed by atoms with van der Waals surface area (Å²) in [7, 11) is 1.68. The summed E-state index contributed by atoms with van der Waals surface area (Å²) in [6.45, 7) is 5.55. The fourth-order valence-electron chi connectivity index (χ4n) is 2.55. The van der Waals surface area contributed by atoms with Crippen LogP contribution in [-0.2, 0) is 27.4 Å². The Balaban J connectivity index is 2.03. The van der Waals surface area contributed by atoms with E-state index in [1.165, 1.54) is 0 Å². The van der Waals surface area contributed by atoms with Crippen LogP contribution in [0.25, 0.3) is 0 Å². The smallest absolute Gasteiger partial charge is 0.237 e. The van der Waals surface area contributed by atoms with Crippen LogP contribution in [0.15, 0.2) is 11.4 Å². The van der Waals surface area contributed by atoms with E-state index in [9.17, 15) is 4.79 Å². The molecule has 0 bridgehead atoms. The summed E-state index contributed by atoms with van der Waals surface area (Å²) < 4.78 is 10.6. The van der Waals surface area contributed by atoms with Crippen LogP contribution in [0.5, 0.6) is 0 Å². The van der Waals surface area contributed by atoms with Crippen molar-refractivity contribution in [2.45, 2.75) is 26.5 Å². The summed E-state index contributed by atoms with van der Waals surface area (Å²) in [5.41, 5.74) is 1.18. The van der Waals surface area contributed by atoms with E-state index in [2.05, 4.69) is 18.4 Å². The van der Waals surface area contributed by atoms with Gasteiger partial charge in [-0.1, -0.05) is 6.92 Å². The van der Waals surface area contributed by atoms with E-state index < -0.39 is 0 Å². The molecule has 6 heteroatoms. The van der Waals surface area contributed by atoms with Crippen molar-refractivity contribution in [2.75, 3.05) is 32.7 Å². The number of rotatable bonds is 7. The van der Waals surface area contributed by atoms with E-state index in [1.54, 1.807) is 18.4 Å². The van der Waals surface area contributed by atoms with Crippen LogP contribution in [0.1, 0.15) is 23.8 Å². The van der Waals surface area contributed by atoms with Gasteiger partial charge in [-0.15, -0.1) is 22.9 Å². The molecule has 0 spiro atoms. The van der Waals surface area contributed by atoms with Crippen LogP contribution >= 0.6 is 22.9 Å². The molecule has 118 valence electrons. The maximum absolute atomic E-state index is 12.1. The third-order valence-electron chi connectivity index (χ3n) is 3.71. The monoisotopic (exact) mass is 331 g/mol. The zero-order valence-electron chi connectivity index (χ0n) is 12.6. The molecule has 0 aliphatic carbocycles. The topological polar surface area (TPSA) is 38.8 Å². The van der Waals surface area contributed by atoms with Gasteiger partial charge in [-0.25, -0.2) is 0 Å². The molecule has 2 rings (SSSR count). The zero-order valence-corrected chi connectivity index (χ0v) is 14.1. The highest BCUT2D eigenvalue weighted by Crippen LogP contribution is 2.30. The number of carbonyl (C=O) groups excluding carboxylic acids is 1. The van der Waals surface area contributed by atoms with E-state index in [1.807, 2.05) is 4.90 Å². The second-order valence-corrected chi connectivity index (χ2v) is 7.11. The second kappa shape index (κ2) is 7.58. The third-order valence-corrected chi connectivity index (χ3v) is 4.90. The Hall–Kier alpha value is -0.620. The second-order valence-electron chi connectivity index (χ2n) is 5.85. The predicted molar refractivity (Wildman–Crippen MR) is 84.7 cm³/mol. The van der Waals surface area contributed by atoms with Gasteiger partial charge in [0, 0.05) is 30.6 Å². The molecule has 0 aromatic carbocycles. The summed E-state index contributed by atoms with van der Waals surface area (Å²) in [6, 6.07) is 2.09. The van der Waals surface area contributed by atoms with E-state index in [0.717, 1.165) is 23.5 Å². The number of amides is 1. The van der Waals surface area contributed by atoms with Crippen molar-refractivity contribution < 1.29 is 14.3 Å². The van der Waals surface area contributed by atoms with Crippen LogP contribution in [-0.4, -0.2) is 43.6 Å². The molecule has 1 saturated heterocycles. The number of hydrogen-bond donors (Lipinski definition) is 0. The fourth-order valence-corrected chi connectivity index (χ4v) is 3.61. The Morgan fingerprint density at radius 3 is 3.05 bits per heavy atom. The number of carbonyl (C=O) groups is 1. The molecular weight excluding hydrogens is 310 g/mol. The molecule has 0 N–H and O–H groups in total. The highest BCUT2D eigenvalue weighted by molar-refractivity contribution is 7.10. The van der Waals surface area contributed by atoms with Crippen LogP contribution in [0, 0.1) is 5.41 Å². The van der Waals surface area contributed by atoms with Crippen molar-refractivity contribution >= 4 is 28.8 Å². The lowest BCUT2D eigenvalue weighted by Gasteiger charge is -2.30. The minimum Gasteiger partial charge on any atom is -0.381 e. The molecule has 21 heavy (non-hydrogen) atoms. The number of ether oxygens (including phenoxy) is 2. The molecule has 0 saturated carbocycles. The van der Waals surface area contributed by atoms with Crippen molar-refractivity contribution in [1.82, 2.24) is 4.90 Å². The summed E-state index contributed by atoms with van der Waals surface area (Å²) in [5.74, 6) is -0.000703. The average Bonchev–Trinajstić information content (AvgIpc) is 3.07. The van der Waals surface area contributed by atoms with Crippen LogP contribution in [0.4, 0.5) is 0 Å². The third kappa shape index (κ3) is 4.68. The molecule has 1 atom stereocenters. The molecule has 4 nitrogen and oxygen atoms in total. The number of thiophene rings is 1. The van der Waals surface area contributed by atoms with Crippen LogP contribution in [0.2, 0.25) is 0 Å². The fraction of sp³-hybridized carbons (Fsp3) is 0.667. The van der Waals surface area contributed by atoms with Gasteiger partial charge in [-0.05, 0) is 23.4 Å². The van der Waals surface area contributed by atoms with Crippen molar-refractivity contribution in [2.24, 2.45) is 5.41 Å². The Labute approximate surface area is 135 Å². The van der Waals surface area contributed by atoms with Gasteiger partial charge in [-0.3, -0.25) is 4.79 Å². The van der Waals surface area contributed by atoms with Crippen molar-refractivity contribution in [3.05, 3.63) is 21.9 Å². The Bertz CT molecular complexity index is 471. The maximum atomic E-state index is 12.1. The van der Waals surface area contributed by atoms with Crippen molar-refractivity contribution in [3.63, 3.8) is 0 Å². The number of alkyl halides is 1. The van der Waals surface area contributed by atoms with Crippen molar-refractivity contribution in [1.29, 1.82) is 0 Å². The van der Waals surface area contributed by atoms with Gasteiger partial charge in [0.25, 0.3) is 0 Å². The first-order chi connectivity index (χ1) is 10.1. The first-order valence-corrected chi connectivity index (χ1v) is 8.44. The minimum atomic E-state index is -0.0218. The molecule has 2 heterocycles. The van der Waals surface area contributed by atoms with Crippen LogP contribution in [0.3, 0.4) is 0 Å². The maximum Gasteiger partial charge on any atom is 0.237 e. The lowest BCUT2D eigenvalue weighted by atomic mass is 9.89. The van der Waals surface area contributed by atoms with Gasteiger partial charge in [0.15, 0.2) is 0 Å². The molecule has 1 aliphatic heterocycles. The highest BCUT2D eigenvalue weighted by atomic mass is 35.5. The normalized spacial score (nSPS) is 21.7. The first-order valence-electron chi connectivity index (χ1n) is 7.03. The standard InChI is InChI=1S/C15H22ClNO3S/c1-15(3-4-20-11-15)10-17(14(18)6-16)7-13-5-12(8-19-2)9-21-13/h5,9H,3-4,6-8,10-11H2,1-2H3. The number of halogens is 1. The molecule has 1 unspecified atom stereocenters. The largest absolute Gasteiger partial charge is 0.381 e. The summed E-state index contributed by atoms with van der Waals surface area (Å²) >= 11 is 7.41. The van der Waals surface area contributed by atoms with Crippen LogP contribution < -0.4 is 0 Å². The zero-order chi connectivity index (χ0) is 15.3. The minimum absolute atomic E-state index is 0.0211. The SMILES string of the molecule is COCc1csc(CN(CC2(C)CCOC2)C(=O)CCl)c1. The van der Waals surface area contributed by atoms with Gasteiger partial charge < -0.3 is 14.4 Å². The molecule has 1 aliphatic rings. The molecule has 1 aromatic rings. The van der Waals surface area contributed by atoms with Gasteiger partial charge >= 0.3 is 0 Å². The van der Waals surface area contributed by atoms with E-state index in [4.69, 9.17) is 21.1 Å². The summed E-state index contributed by atoms with van der Waals surface area (Å²) in [6.07, 6.45) is 0.985. The predicted octanol–water partition coefficient (Wildman–Crippen LogP) is 2.89. The highest BCUT2D eigenvalue weighted by Gasteiger charge is 2.33. The van der Waals surface area contributed by atoms with Gasteiger partial charge in [-0.2, -0.15) is 0 Å². The quantitative estimate of drug-likeness (QED) is 0.721. The molecule has 1 amide bonds. The summed E-state index contributed by atoms with van der Waals surface area (Å²) in [5, 5.41) is 2.07. The van der Waals surface area contributed by atoms with Crippen molar-refractivity contribution in [3.8, 4) is 0 Å². The lowest BCUT2D eigenvalue weighted by molar-refractivity contribution is -0.130. The van der Waals surface area contributed by atoms with Gasteiger partial charge in [0.05, 0.1) is 19.8 Å². The Morgan fingerprint density at radius 2 is 2.43 bits per heavy atom. The van der Waals surface area contributed by atoms with E-state index in [-0.39, 0.29) is 17.2 Å². The van der Waals surface area contributed by atoms with E-state index in [0.29, 0.717) is 26.3 Å². The van der Waals surface area contributed by atoms with Gasteiger partial charge in [0.1, 0.15) is 5.88 Å². The molecule has 1 aromatic heterocycles. The van der Waals surface area contributed by atoms with Gasteiger partial charge in [0.2, 0.25) is 5.91 Å². The Morgan fingerprint density at radius 1 is 1.62 bits per heavy atom. The molecule has 0 radical (unpaired) electrons. The number of methoxy groups -OCH3 is 1. The number of nitrogens with zero attached hydrogens (tertiary/aromatic N) is 1. The average molecular weight is 332 g/mol. The molecular formula is C15H22ClNO3S. The Kier molecular flexibility index (Phi) is 6.05.